The first kappa shape index (κ1) is 15.7. The van der Waals surface area contributed by atoms with Crippen LogP contribution in [0.1, 0.15) is 18.1 Å². The van der Waals surface area contributed by atoms with Gasteiger partial charge in [-0.05, 0) is 41.8 Å². The molecule has 0 unspecified atom stereocenters. The summed E-state index contributed by atoms with van der Waals surface area (Å²) in [7, 11) is 1.84. The van der Waals surface area contributed by atoms with Crippen molar-refractivity contribution in [1.82, 2.24) is 20.0 Å². The lowest BCUT2D eigenvalue weighted by Crippen LogP contribution is -2.40. The smallest absolute Gasteiger partial charge is 0.236 e. The van der Waals surface area contributed by atoms with Crippen LogP contribution < -0.4 is 5.32 Å². The summed E-state index contributed by atoms with van der Waals surface area (Å²) < 4.78 is 1.90. The first-order valence-corrected chi connectivity index (χ1v) is 7.96. The summed E-state index contributed by atoms with van der Waals surface area (Å²) in [5.74, 6) is 0.102. The number of hydrogen-bond donors (Lipinski definition) is 1. The van der Waals surface area contributed by atoms with E-state index >= 15 is 0 Å². The second kappa shape index (κ2) is 7.38. The second-order valence-corrected chi connectivity index (χ2v) is 6.18. The number of rotatable bonds is 7. The monoisotopic (exact) mass is 306 g/mol. The van der Waals surface area contributed by atoms with Gasteiger partial charge in [-0.15, -0.1) is 0 Å². The van der Waals surface area contributed by atoms with Crippen LogP contribution in [0.5, 0.6) is 0 Å². The molecule has 1 atom stereocenters. The normalized spacial score (nSPS) is 12.3. The van der Waals surface area contributed by atoms with Gasteiger partial charge < -0.3 is 10.2 Å². The number of thiophene rings is 1. The molecule has 0 saturated carbocycles. The lowest BCUT2D eigenvalue weighted by atomic mass is 10.3. The van der Waals surface area contributed by atoms with Gasteiger partial charge in [-0.2, -0.15) is 16.4 Å². The van der Waals surface area contributed by atoms with E-state index in [9.17, 15) is 4.79 Å². The molecule has 0 fully saturated rings. The third kappa shape index (κ3) is 4.99. The van der Waals surface area contributed by atoms with Crippen molar-refractivity contribution in [3.63, 3.8) is 0 Å². The van der Waals surface area contributed by atoms with Crippen LogP contribution in [0.4, 0.5) is 0 Å². The van der Waals surface area contributed by atoms with Crippen LogP contribution in [0.15, 0.2) is 29.2 Å². The zero-order chi connectivity index (χ0) is 15.2. The average Bonchev–Trinajstić information content (AvgIpc) is 3.08. The highest BCUT2D eigenvalue weighted by Gasteiger charge is 2.11. The standard InChI is InChI=1S/C15H22N4OS/c1-12-6-17-19(8-12)9-13(2)16-7-15(20)18(3)10-14-4-5-21-11-14/h4-6,8,11,13,16H,7,9-10H2,1-3H3/t13-/m1/s1. The highest BCUT2D eigenvalue weighted by atomic mass is 32.1. The molecule has 21 heavy (non-hydrogen) atoms. The second-order valence-electron chi connectivity index (χ2n) is 5.40. The van der Waals surface area contributed by atoms with Crippen LogP contribution in [-0.2, 0) is 17.9 Å². The highest BCUT2D eigenvalue weighted by molar-refractivity contribution is 7.07. The van der Waals surface area contributed by atoms with Gasteiger partial charge in [-0.1, -0.05) is 0 Å². The van der Waals surface area contributed by atoms with Crippen molar-refractivity contribution in [3.8, 4) is 0 Å². The molecule has 0 aliphatic carbocycles. The Morgan fingerprint density at radius 3 is 3.00 bits per heavy atom. The molecule has 114 valence electrons. The lowest BCUT2D eigenvalue weighted by Gasteiger charge is -2.19. The van der Waals surface area contributed by atoms with E-state index in [0.717, 1.165) is 12.1 Å². The Morgan fingerprint density at radius 1 is 1.57 bits per heavy atom. The van der Waals surface area contributed by atoms with Crippen molar-refractivity contribution in [1.29, 1.82) is 0 Å². The molecule has 5 nitrogen and oxygen atoms in total. The Bertz CT molecular complexity index is 564. The molecule has 0 aliphatic heterocycles. The molecule has 2 heterocycles. The fourth-order valence-corrected chi connectivity index (χ4v) is 2.71. The number of aromatic nitrogens is 2. The maximum atomic E-state index is 12.1. The number of aryl methyl sites for hydroxylation is 1. The van der Waals surface area contributed by atoms with Crippen LogP contribution in [-0.4, -0.2) is 40.2 Å². The van der Waals surface area contributed by atoms with Crippen LogP contribution in [0.2, 0.25) is 0 Å². The average molecular weight is 306 g/mol. The summed E-state index contributed by atoms with van der Waals surface area (Å²) in [5.41, 5.74) is 2.32. The fourth-order valence-electron chi connectivity index (χ4n) is 2.05. The molecule has 2 aromatic rings. The molecular weight excluding hydrogens is 284 g/mol. The maximum Gasteiger partial charge on any atom is 0.236 e. The first-order valence-electron chi connectivity index (χ1n) is 7.02. The van der Waals surface area contributed by atoms with Gasteiger partial charge in [-0.25, -0.2) is 0 Å². The molecule has 1 N–H and O–H groups in total. The van der Waals surface area contributed by atoms with E-state index in [1.165, 1.54) is 5.56 Å². The summed E-state index contributed by atoms with van der Waals surface area (Å²) in [6, 6.07) is 2.24. The van der Waals surface area contributed by atoms with Crippen LogP contribution in [0.3, 0.4) is 0 Å². The Hall–Kier alpha value is -1.66. The van der Waals surface area contributed by atoms with Gasteiger partial charge in [0.1, 0.15) is 0 Å². The maximum absolute atomic E-state index is 12.1. The van der Waals surface area contributed by atoms with E-state index in [1.54, 1.807) is 16.2 Å². The third-order valence-corrected chi connectivity index (χ3v) is 3.98. The summed E-state index contributed by atoms with van der Waals surface area (Å²) in [5, 5.41) is 11.6. The number of carbonyl (C=O) groups is 1. The molecule has 0 aromatic carbocycles. The Kier molecular flexibility index (Phi) is 5.52. The van der Waals surface area contributed by atoms with Crippen molar-refractivity contribution in [2.75, 3.05) is 13.6 Å². The zero-order valence-corrected chi connectivity index (χ0v) is 13.6. The lowest BCUT2D eigenvalue weighted by molar-refractivity contribution is -0.129. The van der Waals surface area contributed by atoms with Crippen LogP contribution in [0, 0.1) is 6.92 Å². The van der Waals surface area contributed by atoms with Crippen molar-refractivity contribution in [2.45, 2.75) is 33.0 Å². The Balaban J connectivity index is 1.72. The van der Waals surface area contributed by atoms with E-state index in [4.69, 9.17) is 0 Å². The number of nitrogens with one attached hydrogen (secondary N) is 1. The molecular formula is C15H22N4OS. The number of nitrogens with zero attached hydrogens (tertiary/aromatic N) is 3. The third-order valence-electron chi connectivity index (χ3n) is 3.25. The van der Waals surface area contributed by atoms with Crippen LogP contribution >= 0.6 is 11.3 Å². The van der Waals surface area contributed by atoms with Crippen molar-refractivity contribution in [2.24, 2.45) is 0 Å². The van der Waals surface area contributed by atoms with Crippen molar-refractivity contribution >= 4 is 17.2 Å². The zero-order valence-electron chi connectivity index (χ0n) is 12.7. The van der Waals surface area contributed by atoms with Gasteiger partial charge in [-0.3, -0.25) is 9.48 Å². The molecule has 0 bridgehead atoms. The van der Waals surface area contributed by atoms with Gasteiger partial charge >= 0.3 is 0 Å². The molecule has 2 rings (SSSR count). The Labute approximate surface area is 129 Å². The summed E-state index contributed by atoms with van der Waals surface area (Å²) in [6.07, 6.45) is 3.84. The van der Waals surface area contributed by atoms with Crippen molar-refractivity contribution in [3.05, 3.63) is 40.3 Å². The van der Waals surface area contributed by atoms with Gasteiger partial charge in [0, 0.05) is 25.8 Å². The molecule has 0 aliphatic rings. The highest BCUT2D eigenvalue weighted by Crippen LogP contribution is 2.08. The van der Waals surface area contributed by atoms with Gasteiger partial charge in [0.05, 0.1) is 19.3 Å². The van der Waals surface area contributed by atoms with Crippen molar-refractivity contribution < 1.29 is 4.79 Å². The molecule has 0 spiro atoms. The minimum atomic E-state index is 0.102. The topological polar surface area (TPSA) is 50.2 Å². The summed E-state index contributed by atoms with van der Waals surface area (Å²) >= 11 is 1.65. The molecule has 0 saturated heterocycles. The fraction of sp³-hybridized carbons (Fsp3) is 0.467. The first-order chi connectivity index (χ1) is 10.0. The summed E-state index contributed by atoms with van der Waals surface area (Å²) in [6.45, 7) is 5.85. The van der Waals surface area contributed by atoms with Gasteiger partial charge in [0.25, 0.3) is 0 Å². The predicted molar refractivity (Wildman–Crippen MR) is 85.2 cm³/mol. The molecule has 2 aromatic heterocycles. The van der Waals surface area contributed by atoms with Gasteiger partial charge in [0.15, 0.2) is 0 Å². The number of likely N-dealkylation sites (N-methyl/N-ethyl adjacent to an activating group) is 1. The van der Waals surface area contributed by atoms with Gasteiger partial charge in [0.2, 0.25) is 5.91 Å². The van der Waals surface area contributed by atoms with E-state index in [2.05, 4.69) is 22.7 Å². The number of amides is 1. The number of hydrogen-bond acceptors (Lipinski definition) is 4. The largest absolute Gasteiger partial charge is 0.340 e. The van der Waals surface area contributed by atoms with E-state index in [-0.39, 0.29) is 11.9 Å². The molecule has 0 radical (unpaired) electrons. The van der Waals surface area contributed by atoms with E-state index < -0.39 is 0 Å². The Morgan fingerprint density at radius 2 is 2.38 bits per heavy atom. The quantitative estimate of drug-likeness (QED) is 0.850. The summed E-state index contributed by atoms with van der Waals surface area (Å²) in [4.78, 5) is 13.8. The van der Waals surface area contributed by atoms with Crippen LogP contribution in [0.25, 0.3) is 0 Å². The minimum Gasteiger partial charge on any atom is -0.340 e. The molecule has 6 heteroatoms. The minimum absolute atomic E-state index is 0.102. The number of carbonyl (C=O) groups excluding carboxylic acids is 1. The van der Waals surface area contributed by atoms with E-state index in [0.29, 0.717) is 13.1 Å². The van der Waals surface area contributed by atoms with E-state index in [1.807, 2.05) is 42.5 Å². The predicted octanol–water partition coefficient (Wildman–Crippen LogP) is 1.89. The SMILES string of the molecule is Cc1cnn(C[C@@H](C)NCC(=O)N(C)Cc2ccsc2)c1. The molecule has 1 amide bonds.